The summed E-state index contributed by atoms with van der Waals surface area (Å²) in [5.41, 5.74) is 1.03. The van der Waals surface area contributed by atoms with Crippen LogP contribution in [-0.4, -0.2) is 47.3 Å². The van der Waals surface area contributed by atoms with Crippen LogP contribution in [0, 0.1) is 0 Å². The standard InChI is InChI=1S/C23H21ClF3N5O2/c24-20-6-5-18(11-19(20)23(25,26)27)32(22(33)34)14-15-1-3-16(4-2-15)17-12-29-21(30-13-17)31-9-7-28-8-10-31/h1-6,11-13,28H,7-10,14H2,(H,33,34). The third-order valence-corrected chi connectivity index (χ3v) is 5.79. The second kappa shape index (κ2) is 9.86. The first kappa shape index (κ1) is 23.8. The lowest BCUT2D eigenvalue weighted by Gasteiger charge is -2.27. The van der Waals surface area contributed by atoms with E-state index in [1.54, 1.807) is 36.7 Å². The number of carboxylic acid groups (broad SMARTS) is 1. The number of nitrogens with zero attached hydrogens (tertiary/aromatic N) is 4. The van der Waals surface area contributed by atoms with Crippen molar-refractivity contribution in [2.24, 2.45) is 0 Å². The molecule has 0 atom stereocenters. The Balaban J connectivity index is 1.50. The molecule has 1 saturated heterocycles. The van der Waals surface area contributed by atoms with E-state index in [1.165, 1.54) is 6.07 Å². The summed E-state index contributed by atoms with van der Waals surface area (Å²) in [4.78, 5) is 23.6. The van der Waals surface area contributed by atoms with Crippen LogP contribution in [0.2, 0.25) is 5.02 Å². The quantitative estimate of drug-likeness (QED) is 0.528. The number of alkyl halides is 3. The third-order valence-electron chi connectivity index (χ3n) is 5.46. The van der Waals surface area contributed by atoms with Gasteiger partial charge in [-0.1, -0.05) is 35.9 Å². The highest BCUT2D eigenvalue weighted by Gasteiger charge is 2.34. The van der Waals surface area contributed by atoms with Gasteiger partial charge in [0.2, 0.25) is 5.95 Å². The number of nitrogens with one attached hydrogen (secondary N) is 1. The van der Waals surface area contributed by atoms with Crippen LogP contribution in [0.5, 0.6) is 0 Å². The van der Waals surface area contributed by atoms with E-state index in [-0.39, 0.29) is 12.2 Å². The monoisotopic (exact) mass is 491 g/mol. The van der Waals surface area contributed by atoms with Gasteiger partial charge in [-0.25, -0.2) is 14.8 Å². The van der Waals surface area contributed by atoms with Crippen molar-refractivity contribution in [1.29, 1.82) is 0 Å². The van der Waals surface area contributed by atoms with Gasteiger partial charge >= 0.3 is 12.3 Å². The van der Waals surface area contributed by atoms with E-state index < -0.39 is 22.9 Å². The maximum Gasteiger partial charge on any atom is 0.417 e. The molecule has 11 heteroatoms. The summed E-state index contributed by atoms with van der Waals surface area (Å²) in [6, 6.07) is 10.1. The van der Waals surface area contributed by atoms with Crippen LogP contribution in [0.3, 0.4) is 0 Å². The fourth-order valence-corrected chi connectivity index (χ4v) is 3.88. The molecule has 0 radical (unpaired) electrons. The number of aromatic nitrogens is 2. The number of amides is 1. The average molecular weight is 492 g/mol. The lowest BCUT2D eigenvalue weighted by molar-refractivity contribution is -0.137. The number of anilines is 2. The molecule has 34 heavy (non-hydrogen) atoms. The largest absolute Gasteiger partial charge is 0.465 e. The Kier molecular flexibility index (Phi) is 6.90. The minimum atomic E-state index is -4.69. The van der Waals surface area contributed by atoms with E-state index >= 15 is 0 Å². The molecule has 4 rings (SSSR count). The van der Waals surface area contributed by atoms with E-state index in [2.05, 4.69) is 20.2 Å². The van der Waals surface area contributed by atoms with Crippen molar-refractivity contribution in [3.63, 3.8) is 0 Å². The van der Waals surface area contributed by atoms with Gasteiger partial charge in [0.25, 0.3) is 0 Å². The second-order valence-corrected chi connectivity index (χ2v) is 8.14. The molecule has 178 valence electrons. The number of benzene rings is 2. The first-order valence-corrected chi connectivity index (χ1v) is 10.8. The normalized spacial score (nSPS) is 14.2. The predicted octanol–water partition coefficient (Wildman–Crippen LogP) is 4.91. The number of piperazine rings is 1. The molecule has 0 spiro atoms. The van der Waals surface area contributed by atoms with Crippen molar-refractivity contribution in [1.82, 2.24) is 15.3 Å². The van der Waals surface area contributed by atoms with E-state index in [1.807, 2.05) is 0 Å². The Hall–Kier alpha value is -3.37. The average Bonchev–Trinajstić information content (AvgIpc) is 2.83. The minimum absolute atomic E-state index is 0.120. The van der Waals surface area contributed by atoms with Crippen LogP contribution in [0.15, 0.2) is 54.9 Å². The van der Waals surface area contributed by atoms with Gasteiger partial charge in [0.05, 0.1) is 17.1 Å². The summed E-state index contributed by atoms with van der Waals surface area (Å²) in [5, 5.41) is 12.4. The molecule has 0 saturated carbocycles. The Morgan fingerprint density at radius 2 is 1.71 bits per heavy atom. The molecule has 7 nitrogen and oxygen atoms in total. The minimum Gasteiger partial charge on any atom is -0.465 e. The molecule has 0 unspecified atom stereocenters. The molecule has 2 heterocycles. The lowest BCUT2D eigenvalue weighted by atomic mass is 10.1. The van der Waals surface area contributed by atoms with Gasteiger partial charge in [0.15, 0.2) is 0 Å². The first-order chi connectivity index (χ1) is 16.2. The summed E-state index contributed by atoms with van der Waals surface area (Å²) in [5.74, 6) is 0.667. The number of hydrogen-bond acceptors (Lipinski definition) is 5. The number of carbonyl (C=O) groups is 1. The molecule has 1 amide bonds. The summed E-state index contributed by atoms with van der Waals surface area (Å²) < 4.78 is 39.6. The molecule has 1 aliphatic rings. The van der Waals surface area contributed by atoms with Crippen molar-refractivity contribution >= 4 is 29.3 Å². The zero-order valence-corrected chi connectivity index (χ0v) is 18.6. The maximum absolute atomic E-state index is 13.2. The van der Waals surface area contributed by atoms with Crippen molar-refractivity contribution in [2.75, 3.05) is 36.0 Å². The first-order valence-electron chi connectivity index (χ1n) is 10.5. The number of rotatable bonds is 5. The van der Waals surface area contributed by atoms with E-state index in [0.717, 1.165) is 54.3 Å². The molecule has 0 bridgehead atoms. The Labute approximate surface area is 198 Å². The van der Waals surface area contributed by atoms with Gasteiger partial charge in [0, 0.05) is 49.8 Å². The van der Waals surface area contributed by atoms with Gasteiger partial charge in [-0.15, -0.1) is 0 Å². The van der Waals surface area contributed by atoms with Crippen LogP contribution >= 0.6 is 11.6 Å². The molecule has 3 aromatic rings. The highest BCUT2D eigenvalue weighted by atomic mass is 35.5. The van der Waals surface area contributed by atoms with Gasteiger partial charge < -0.3 is 15.3 Å². The Morgan fingerprint density at radius 3 is 2.29 bits per heavy atom. The summed E-state index contributed by atoms with van der Waals surface area (Å²) in [6.45, 7) is 3.31. The van der Waals surface area contributed by atoms with E-state index in [4.69, 9.17) is 11.6 Å². The maximum atomic E-state index is 13.2. The predicted molar refractivity (Wildman–Crippen MR) is 123 cm³/mol. The van der Waals surface area contributed by atoms with Crippen LogP contribution in [0.1, 0.15) is 11.1 Å². The molecule has 1 aliphatic heterocycles. The van der Waals surface area contributed by atoms with Crippen LogP contribution in [0.25, 0.3) is 11.1 Å². The highest BCUT2D eigenvalue weighted by molar-refractivity contribution is 6.31. The van der Waals surface area contributed by atoms with Crippen molar-refractivity contribution in [2.45, 2.75) is 12.7 Å². The Morgan fingerprint density at radius 1 is 1.06 bits per heavy atom. The second-order valence-electron chi connectivity index (χ2n) is 7.74. The summed E-state index contributed by atoms with van der Waals surface area (Å²) in [6.07, 6.45) is -2.61. The van der Waals surface area contributed by atoms with Crippen LogP contribution in [-0.2, 0) is 12.7 Å². The van der Waals surface area contributed by atoms with Gasteiger partial charge in [-0.05, 0) is 29.3 Å². The zero-order chi connectivity index (χ0) is 24.3. The molecule has 2 aromatic carbocycles. The molecular formula is C23H21ClF3N5O2. The van der Waals surface area contributed by atoms with Crippen molar-refractivity contribution < 1.29 is 23.1 Å². The van der Waals surface area contributed by atoms with E-state index in [0.29, 0.717) is 11.5 Å². The molecule has 1 fully saturated rings. The van der Waals surface area contributed by atoms with Gasteiger partial charge in [-0.2, -0.15) is 13.2 Å². The number of hydrogen-bond donors (Lipinski definition) is 2. The summed E-state index contributed by atoms with van der Waals surface area (Å²) in [7, 11) is 0. The molecule has 2 N–H and O–H groups in total. The summed E-state index contributed by atoms with van der Waals surface area (Å²) >= 11 is 5.65. The fraction of sp³-hybridized carbons (Fsp3) is 0.261. The number of halogens is 4. The van der Waals surface area contributed by atoms with E-state index in [9.17, 15) is 23.1 Å². The molecule has 0 aliphatic carbocycles. The Bertz CT molecular complexity index is 1150. The third kappa shape index (κ3) is 5.40. The molecule has 1 aromatic heterocycles. The van der Waals surface area contributed by atoms with Crippen LogP contribution in [0.4, 0.5) is 29.6 Å². The van der Waals surface area contributed by atoms with Gasteiger partial charge in [-0.3, -0.25) is 4.90 Å². The van der Waals surface area contributed by atoms with Crippen molar-refractivity contribution in [3.05, 3.63) is 71.0 Å². The van der Waals surface area contributed by atoms with Crippen LogP contribution < -0.4 is 15.1 Å². The zero-order valence-electron chi connectivity index (χ0n) is 17.9. The topological polar surface area (TPSA) is 81.6 Å². The van der Waals surface area contributed by atoms with Gasteiger partial charge in [0.1, 0.15) is 0 Å². The fourth-order valence-electron chi connectivity index (χ4n) is 3.65. The lowest BCUT2D eigenvalue weighted by Crippen LogP contribution is -2.44. The molecular weight excluding hydrogens is 471 g/mol. The van der Waals surface area contributed by atoms with Crippen molar-refractivity contribution in [3.8, 4) is 11.1 Å². The smallest absolute Gasteiger partial charge is 0.417 e. The SMILES string of the molecule is O=C(O)N(Cc1ccc(-c2cnc(N3CCNCC3)nc2)cc1)c1ccc(Cl)c(C(F)(F)F)c1. The highest BCUT2D eigenvalue weighted by Crippen LogP contribution is 2.37.